The van der Waals surface area contributed by atoms with Crippen LogP contribution in [0.2, 0.25) is 0 Å². The van der Waals surface area contributed by atoms with E-state index in [-0.39, 0.29) is 11.7 Å². The van der Waals surface area contributed by atoms with Crippen LogP contribution >= 0.6 is 0 Å². The van der Waals surface area contributed by atoms with Gasteiger partial charge in [-0.1, -0.05) is 18.2 Å². The van der Waals surface area contributed by atoms with Crippen LogP contribution in [-0.4, -0.2) is 55.8 Å². The van der Waals surface area contributed by atoms with E-state index >= 15 is 0 Å². The number of hydrogen-bond donors (Lipinski definition) is 0. The van der Waals surface area contributed by atoms with E-state index in [1.165, 1.54) is 17.2 Å². The lowest BCUT2D eigenvalue weighted by Crippen LogP contribution is -2.35. The highest BCUT2D eigenvalue weighted by molar-refractivity contribution is 5.44. The van der Waals surface area contributed by atoms with Crippen molar-refractivity contribution in [3.05, 3.63) is 65.0 Å². The lowest BCUT2D eigenvalue weighted by molar-refractivity contribution is 0.143. The van der Waals surface area contributed by atoms with Crippen LogP contribution in [-0.2, 0) is 6.54 Å². The molecule has 0 aromatic heterocycles. The van der Waals surface area contributed by atoms with Gasteiger partial charge in [-0.05, 0) is 67.3 Å². The molecule has 3 nitrogen and oxygen atoms in total. The number of likely N-dealkylation sites (tertiary alicyclic amines) is 1. The van der Waals surface area contributed by atoms with Crippen molar-refractivity contribution in [2.75, 3.05) is 39.8 Å². The van der Waals surface area contributed by atoms with Gasteiger partial charge in [-0.2, -0.15) is 0 Å². The van der Waals surface area contributed by atoms with E-state index in [1.54, 1.807) is 12.1 Å². The summed E-state index contributed by atoms with van der Waals surface area (Å²) in [5, 5.41) is 0. The molecule has 29 heavy (non-hydrogen) atoms. The molecular weight excluding hydrogens is 370 g/mol. The predicted octanol–water partition coefficient (Wildman–Crippen LogP) is 4.61. The van der Waals surface area contributed by atoms with Gasteiger partial charge in [0.2, 0.25) is 0 Å². The van der Waals surface area contributed by atoms with Crippen LogP contribution in [0.4, 0.5) is 8.78 Å². The molecule has 0 saturated carbocycles. The summed E-state index contributed by atoms with van der Waals surface area (Å²) in [7, 11) is 2.10. The van der Waals surface area contributed by atoms with Crippen molar-refractivity contribution in [2.45, 2.75) is 37.9 Å². The van der Waals surface area contributed by atoms with Gasteiger partial charge in [-0.25, -0.2) is 8.78 Å². The summed E-state index contributed by atoms with van der Waals surface area (Å²) in [6, 6.07) is 13.2. The first-order valence-corrected chi connectivity index (χ1v) is 10.6. The largest absolute Gasteiger partial charge is 0.494 e. The molecule has 0 bridgehead atoms. The maximum Gasteiger partial charge on any atom is 0.123 e. The fraction of sp³-hybridized carbons (Fsp3) is 0.500. The standard InChI is InChI=1S/C24H30F2N2O/c1-27-16-19-15-22(29-13-3-10-28-11-8-20(25)9-12-28)6-7-23(19)24(17-27)18-4-2-5-21(26)14-18/h2,4-7,14-15,20,24H,3,8-13,16-17H2,1H3. The van der Waals surface area contributed by atoms with Gasteiger partial charge in [0, 0.05) is 38.6 Å². The average molecular weight is 401 g/mol. The van der Waals surface area contributed by atoms with Crippen LogP contribution in [0, 0.1) is 5.82 Å². The predicted molar refractivity (Wildman–Crippen MR) is 112 cm³/mol. The van der Waals surface area contributed by atoms with Gasteiger partial charge in [-0.3, -0.25) is 0 Å². The molecular formula is C24H30F2N2O. The maximum absolute atomic E-state index is 13.7. The second-order valence-corrected chi connectivity index (χ2v) is 8.38. The Hall–Kier alpha value is -1.98. The molecule has 2 aromatic carbocycles. The fourth-order valence-electron chi connectivity index (χ4n) is 4.53. The van der Waals surface area contributed by atoms with Gasteiger partial charge in [0.05, 0.1) is 6.61 Å². The Morgan fingerprint density at radius 3 is 2.72 bits per heavy atom. The Morgan fingerprint density at radius 1 is 1.10 bits per heavy atom. The van der Waals surface area contributed by atoms with Crippen molar-refractivity contribution in [1.82, 2.24) is 9.80 Å². The lowest BCUT2D eigenvalue weighted by Gasteiger charge is -2.33. The molecule has 2 aromatic rings. The number of ether oxygens (including phenoxy) is 1. The summed E-state index contributed by atoms with van der Waals surface area (Å²) in [5.74, 6) is 0.874. The molecule has 0 radical (unpaired) electrons. The molecule has 0 spiro atoms. The Morgan fingerprint density at radius 2 is 1.93 bits per heavy atom. The van der Waals surface area contributed by atoms with Gasteiger partial charge < -0.3 is 14.5 Å². The number of fused-ring (bicyclic) bond motifs is 1. The smallest absolute Gasteiger partial charge is 0.123 e. The van der Waals surface area contributed by atoms with Gasteiger partial charge in [-0.15, -0.1) is 0 Å². The first-order valence-electron chi connectivity index (χ1n) is 10.6. The number of likely N-dealkylation sites (N-methyl/N-ethyl adjacent to an activating group) is 1. The molecule has 5 heteroatoms. The fourth-order valence-corrected chi connectivity index (χ4v) is 4.53. The second kappa shape index (κ2) is 9.23. The number of benzene rings is 2. The Labute approximate surface area is 172 Å². The van der Waals surface area contributed by atoms with E-state index in [2.05, 4.69) is 29.0 Å². The van der Waals surface area contributed by atoms with E-state index in [9.17, 15) is 8.78 Å². The molecule has 1 unspecified atom stereocenters. The van der Waals surface area contributed by atoms with E-state index in [1.807, 2.05) is 12.1 Å². The molecule has 2 heterocycles. The zero-order valence-corrected chi connectivity index (χ0v) is 17.1. The van der Waals surface area contributed by atoms with Crippen molar-refractivity contribution in [1.29, 1.82) is 0 Å². The Kier molecular flexibility index (Phi) is 6.46. The number of rotatable bonds is 6. The van der Waals surface area contributed by atoms with Crippen molar-refractivity contribution in [3.63, 3.8) is 0 Å². The zero-order valence-electron chi connectivity index (χ0n) is 17.1. The Balaban J connectivity index is 1.37. The highest BCUT2D eigenvalue weighted by Gasteiger charge is 2.25. The first-order chi connectivity index (χ1) is 14.1. The number of alkyl halides is 1. The quantitative estimate of drug-likeness (QED) is 0.659. The van der Waals surface area contributed by atoms with E-state index < -0.39 is 6.17 Å². The average Bonchev–Trinajstić information content (AvgIpc) is 2.71. The van der Waals surface area contributed by atoms with Crippen LogP contribution in [0.1, 0.15) is 41.9 Å². The van der Waals surface area contributed by atoms with Crippen LogP contribution in [0.25, 0.3) is 0 Å². The second-order valence-electron chi connectivity index (χ2n) is 8.38. The topological polar surface area (TPSA) is 15.7 Å². The molecule has 0 N–H and O–H groups in total. The molecule has 1 fully saturated rings. The Bertz CT molecular complexity index is 820. The summed E-state index contributed by atoms with van der Waals surface area (Å²) < 4.78 is 32.9. The first kappa shape index (κ1) is 20.3. The normalized spacial score (nSPS) is 21.1. The monoisotopic (exact) mass is 400 g/mol. The van der Waals surface area contributed by atoms with Gasteiger partial charge in [0.15, 0.2) is 0 Å². The van der Waals surface area contributed by atoms with E-state index in [4.69, 9.17) is 4.74 Å². The molecule has 156 valence electrons. The minimum atomic E-state index is -0.618. The summed E-state index contributed by atoms with van der Waals surface area (Å²) in [5.41, 5.74) is 3.52. The molecule has 4 rings (SSSR count). The van der Waals surface area contributed by atoms with Gasteiger partial charge >= 0.3 is 0 Å². The molecule has 0 amide bonds. The number of nitrogens with zero attached hydrogens (tertiary/aromatic N) is 2. The van der Waals surface area contributed by atoms with E-state index in [0.29, 0.717) is 19.4 Å². The SMILES string of the molecule is CN1Cc2cc(OCCCN3CCC(F)CC3)ccc2C(c2cccc(F)c2)C1. The molecule has 1 saturated heterocycles. The number of hydrogen-bond acceptors (Lipinski definition) is 3. The molecule has 2 aliphatic rings. The number of halogens is 2. The third-order valence-corrected chi connectivity index (χ3v) is 6.08. The summed E-state index contributed by atoms with van der Waals surface area (Å²) >= 11 is 0. The van der Waals surface area contributed by atoms with Crippen molar-refractivity contribution >= 4 is 0 Å². The highest BCUT2D eigenvalue weighted by Crippen LogP contribution is 2.35. The van der Waals surface area contributed by atoms with Crippen LogP contribution in [0.15, 0.2) is 42.5 Å². The van der Waals surface area contributed by atoms with Crippen LogP contribution in [0.3, 0.4) is 0 Å². The van der Waals surface area contributed by atoms with Crippen LogP contribution in [0.5, 0.6) is 5.75 Å². The minimum Gasteiger partial charge on any atom is -0.494 e. The maximum atomic E-state index is 13.7. The molecule has 0 aliphatic carbocycles. The van der Waals surface area contributed by atoms with Crippen molar-refractivity contribution < 1.29 is 13.5 Å². The van der Waals surface area contributed by atoms with E-state index in [0.717, 1.165) is 50.5 Å². The number of piperidine rings is 1. The zero-order chi connectivity index (χ0) is 20.2. The minimum absolute atomic E-state index is 0.173. The third-order valence-electron chi connectivity index (χ3n) is 6.08. The van der Waals surface area contributed by atoms with Crippen molar-refractivity contribution in [2.24, 2.45) is 0 Å². The highest BCUT2D eigenvalue weighted by atomic mass is 19.1. The van der Waals surface area contributed by atoms with Crippen LogP contribution < -0.4 is 4.74 Å². The van der Waals surface area contributed by atoms with Crippen molar-refractivity contribution in [3.8, 4) is 5.75 Å². The summed E-state index contributed by atoms with van der Waals surface area (Å²) in [4.78, 5) is 4.60. The molecule has 1 atom stereocenters. The lowest BCUT2D eigenvalue weighted by atomic mass is 9.84. The van der Waals surface area contributed by atoms with Gasteiger partial charge in [0.25, 0.3) is 0 Å². The summed E-state index contributed by atoms with van der Waals surface area (Å²) in [6.07, 6.45) is 1.64. The third kappa shape index (κ3) is 5.14. The summed E-state index contributed by atoms with van der Waals surface area (Å²) in [6.45, 7) is 5.09. The van der Waals surface area contributed by atoms with Gasteiger partial charge in [0.1, 0.15) is 17.7 Å². The molecule has 2 aliphatic heterocycles.